The Morgan fingerprint density at radius 3 is 1.32 bits per heavy atom. The molecule has 2 heteroatoms. The van der Waals surface area contributed by atoms with Crippen molar-refractivity contribution in [2.45, 2.75) is 0 Å². The highest BCUT2D eigenvalue weighted by atomic mass is 15.2. The highest BCUT2D eigenvalue weighted by Gasteiger charge is 2.19. The van der Waals surface area contributed by atoms with E-state index in [1.807, 2.05) is 0 Å². The summed E-state index contributed by atoms with van der Waals surface area (Å²) in [6.07, 6.45) is 0. The summed E-state index contributed by atoms with van der Waals surface area (Å²) >= 11 is 0. The SMILES string of the molecule is c1ccc(-c2ccc(N(c3ccc(-c4cc(-c5cccc6ccccc56)c5ccccc5c4)cc3)c3cccc(N(c4ccccc4)c4ccc5ccccc5c4)c3)cc2)cc1. The van der Waals surface area contributed by atoms with E-state index in [0.717, 1.165) is 34.1 Å². The Morgan fingerprint density at radius 2 is 0.629 bits per heavy atom. The minimum Gasteiger partial charge on any atom is -0.310 e. The van der Waals surface area contributed by atoms with Gasteiger partial charge in [-0.15, -0.1) is 0 Å². The van der Waals surface area contributed by atoms with Crippen molar-refractivity contribution >= 4 is 66.4 Å². The lowest BCUT2D eigenvalue weighted by Crippen LogP contribution is -2.13. The van der Waals surface area contributed by atoms with Gasteiger partial charge in [-0.1, -0.05) is 176 Å². The first-order chi connectivity index (χ1) is 30.7. The van der Waals surface area contributed by atoms with Crippen LogP contribution in [0.3, 0.4) is 0 Å². The first-order valence-corrected chi connectivity index (χ1v) is 21.2. The van der Waals surface area contributed by atoms with Crippen molar-refractivity contribution < 1.29 is 0 Å². The zero-order chi connectivity index (χ0) is 41.2. The first kappa shape index (κ1) is 36.8. The molecule has 0 N–H and O–H groups in total. The lowest BCUT2D eigenvalue weighted by atomic mass is 9.90. The molecule has 0 unspecified atom stereocenters. The molecule has 0 aliphatic heterocycles. The molecule has 0 fully saturated rings. The molecule has 0 heterocycles. The van der Waals surface area contributed by atoms with E-state index in [1.54, 1.807) is 0 Å². The molecule has 11 aromatic carbocycles. The molecule has 11 aromatic rings. The summed E-state index contributed by atoms with van der Waals surface area (Å²) in [6.45, 7) is 0. The maximum absolute atomic E-state index is 2.37. The van der Waals surface area contributed by atoms with E-state index in [2.05, 4.69) is 265 Å². The van der Waals surface area contributed by atoms with Crippen LogP contribution in [0.15, 0.2) is 255 Å². The van der Waals surface area contributed by atoms with E-state index in [0.29, 0.717) is 0 Å². The Kier molecular flexibility index (Phi) is 9.57. The van der Waals surface area contributed by atoms with Crippen molar-refractivity contribution in [1.82, 2.24) is 0 Å². The number of nitrogens with zero attached hydrogens (tertiary/aromatic N) is 2. The molecule has 0 saturated carbocycles. The second-order valence-corrected chi connectivity index (χ2v) is 15.8. The smallest absolute Gasteiger partial charge is 0.0482 e. The van der Waals surface area contributed by atoms with Crippen LogP contribution in [-0.2, 0) is 0 Å². The van der Waals surface area contributed by atoms with Crippen LogP contribution < -0.4 is 9.80 Å². The van der Waals surface area contributed by atoms with Gasteiger partial charge in [0, 0.05) is 34.1 Å². The van der Waals surface area contributed by atoms with Gasteiger partial charge in [0.15, 0.2) is 0 Å². The fourth-order valence-electron chi connectivity index (χ4n) is 8.96. The minimum absolute atomic E-state index is 1.06. The van der Waals surface area contributed by atoms with Gasteiger partial charge in [-0.3, -0.25) is 0 Å². The number of benzene rings is 11. The Labute approximate surface area is 362 Å². The van der Waals surface area contributed by atoms with Crippen LogP contribution in [0.4, 0.5) is 34.1 Å². The average molecular weight is 791 g/mol. The number of hydrogen-bond acceptors (Lipinski definition) is 2. The monoisotopic (exact) mass is 790 g/mol. The van der Waals surface area contributed by atoms with Crippen LogP contribution in [-0.4, -0.2) is 0 Å². The fourth-order valence-corrected chi connectivity index (χ4v) is 8.96. The van der Waals surface area contributed by atoms with E-state index in [9.17, 15) is 0 Å². The third-order valence-corrected chi connectivity index (χ3v) is 12.0. The van der Waals surface area contributed by atoms with E-state index in [-0.39, 0.29) is 0 Å². The Morgan fingerprint density at radius 1 is 0.194 bits per heavy atom. The predicted octanol–water partition coefficient (Wildman–Crippen LogP) is 17.1. The van der Waals surface area contributed by atoms with Crippen molar-refractivity contribution in [2.75, 3.05) is 9.80 Å². The predicted molar refractivity (Wildman–Crippen MR) is 265 cm³/mol. The van der Waals surface area contributed by atoms with Crippen LogP contribution in [0.2, 0.25) is 0 Å². The lowest BCUT2D eigenvalue weighted by Gasteiger charge is -2.29. The summed E-state index contributed by atoms with van der Waals surface area (Å²) < 4.78 is 0. The first-order valence-electron chi connectivity index (χ1n) is 21.2. The Balaban J connectivity index is 1.03. The van der Waals surface area contributed by atoms with Gasteiger partial charge < -0.3 is 9.80 Å². The molecule has 0 atom stereocenters. The topological polar surface area (TPSA) is 6.48 Å². The van der Waals surface area contributed by atoms with Crippen LogP contribution in [0.1, 0.15) is 0 Å². The highest BCUT2D eigenvalue weighted by molar-refractivity contribution is 6.07. The fraction of sp³-hybridized carbons (Fsp3) is 0. The van der Waals surface area contributed by atoms with Gasteiger partial charge in [-0.05, 0) is 145 Å². The molecule has 11 rings (SSSR count). The minimum atomic E-state index is 1.06. The van der Waals surface area contributed by atoms with Crippen LogP contribution in [0.25, 0.3) is 65.7 Å². The normalized spacial score (nSPS) is 11.2. The molecule has 0 aliphatic carbocycles. The van der Waals surface area contributed by atoms with E-state index in [4.69, 9.17) is 0 Å². The van der Waals surface area contributed by atoms with E-state index >= 15 is 0 Å². The molecular weight excluding hydrogens is 749 g/mol. The molecule has 62 heavy (non-hydrogen) atoms. The van der Waals surface area contributed by atoms with Gasteiger partial charge in [0.1, 0.15) is 0 Å². The molecule has 0 amide bonds. The summed E-state index contributed by atoms with van der Waals surface area (Å²) in [6, 6.07) is 92.2. The maximum Gasteiger partial charge on any atom is 0.0482 e. The average Bonchev–Trinajstić information content (AvgIpc) is 3.35. The van der Waals surface area contributed by atoms with Gasteiger partial charge in [0.2, 0.25) is 0 Å². The van der Waals surface area contributed by atoms with Gasteiger partial charge in [-0.2, -0.15) is 0 Å². The van der Waals surface area contributed by atoms with E-state index in [1.165, 1.54) is 65.7 Å². The molecule has 2 nitrogen and oxygen atoms in total. The van der Waals surface area contributed by atoms with Crippen molar-refractivity contribution in [3.8, 4) is 33.4 Å². The standard InChI is InChI=1S/C60H42N2/c1-3-15-43(16-4-1)45-29-34-52(35-30-45)61(54-24-14-25-55(42-54)62(51-22-5-2-6-23-51)56-38-33-44-17-7-8-19-48(44)40-56)53-36-31-46(32-37-53)50-39-49-20-10-12-27-58(49)60(41-50)59-28-13-21-47-18-9-11-26-57(47)59/h1-42H. The van der Waals surface area contributed by atoms with Crippen molar-refractivity contribution in [1.29, 1.82) is 0 Å². The van der Waals surface area contributed by atoms with Crippen molar-refractivity contribution in [3.05, 3.63) is 255 Å². The third-order valence-electron chi connectivity index (χ3n) is 12.0. The molecule has 0 bridgehead atoms. The lowest BCUT2D eigenvalue weighted by molar-refractivity contribution is 1.25. The molecule has 0 saturated heterocycles. The quantitative estimate of drug-likeness (QED) is 0.144. The van der Waals surface area contributed by atoms with Gasteiger partial charge in [-0.25, -0.2) is 0 Å². The Hall–Kier alpha value is -8.20. The number of rotatable bonds is 9. The maximum atomic E-state index is 2.37. The van der Waals surface area contributed by atoms with Crippen LogP contribution >= 0.6 is 0 Å². The van der Waals surface area contributed by atoms with E-state index < -0.39 is 0 Å². The van der Waals surface area contributed by atoms with Crippen LogP contribution in [0, 0.1) is 0 Å². The largest absolute Gasteiger partial charge is 0.310 e. The van der Waals surface area contributed by atoms with Crippen molar-refractivity contribution in [2.24, 2.45) is 0 Å². The molecule has 0 aliphatic rings. The molecule has 0 spiro atoms. The number of anilines is 6. The molecular formula is C60H42N2. The van der Waals surface area contributed by atoms with Gasteiger partial charge >= 0.3 is 0 Å². The van der Waals surface area contributed by atoms with Gasteiger partial charge in [0.05, 0.1) is 0 Å². The summed E-state index contributed by atoms with van der Waals surface area (Å²) in [5.74, 6) is 0. The Bertz CT molecular complexity index is 3330. The molecule has 0 aromatic heterocycles. The zero-order valence-electron chi connectivity index (χ0n) is 34.1. The summed E-state index contributed by atoms with van der Waals surface area (Å²) in [5.41, 5.74) is 13.7. The second-order valence-electron chi connectivity index (χ2n) is 15.8. The van der Waals surface area contributed by atoms with Crippen molar-refractivity contribution in [3.63, 3.8) is 0 Å². The number of para-hydroxylation sites is 1. The molecule has 292 valence electrons. The zero-order valence-corrected chi connectivity index (χ0v) is 34.1. The van der Waals surface area contributed by atoms with Crippen LogP contribution in [0.5, 0.6) is 0 Å². The number of hydrogen-bond donors (Lipinski definition) is 0. The summed E-state index contributed by atoms with van der Waals surface area (Å²) in [5, 5.41) is 7.41. The second kappa shape index (κ2) is 16.1. The highest BCUT2D eigenvalue weighted by Crippen LogP contribution is 2.43. The van der Waals surface area contributed by atoms with Gasteiger partial charge in [0.25, 0.3) is 0 Å². The molecule has 0 radical (unpaired) electrons. The summed E-state index contributed by atoms with van der Waals surface area (Å²) in [4.78, 5) is 4.72. The number of fused-ring (bicyclic) bond motifs is 3. The third kappa shape index (κ3) is 7.04. The summed E-state index contributed by atoms with van der Waals surface area (Å²) in [7, 11) is 0.